The van der Waals surface area contributed by atoms with Gasteiger partial charge in [0, 0.05) is 0 Å². The lowest BCUT2D eigenvalue weighted by Gasteiger charge is -2.29. The Morgan fingerprint density at radius 1 is 1.00 bits per heavy atom. The maximum atomic E-state index is 3.77. The Morgan fingerprint density at radius 2 is 1.58 bits per heavy atom. The third-order valence-electron chi connectivity index (χ3n) is 2.91. The summed E-state index contributed by atoms with van der Waals surface area (Å²) < 4.78 is 0. The highest BCUT2D eigenvalue weighted by molar-refractivity contribution is 6.77. The van der Waals surface area contributed by atoms with Crippen molar-refractivity contribution in [1.82, 2.24) is 4.98 Å². The molecule has 0 aromatic carbocycles. The molecule has 1 nitrogen and oxygen atoms in total. The molecule has 0 radical (unpaired) electrons. The molecule has 0 aromatic heterocycles. The summed E-state index contributed by atoms with van der Waals surface area (Å²) in [7, 11) is -1.01. The van der Waals surface area contributed by atoms with E-state index in [0.29, 0.717) is 0 Å². The largest absolute Gasteiger partial charge is 0.337 e. The first-order valence-electron chi connectivity index (χ1n) is 5.49. The van der Waals surface area contributed by atoms with Crippen molar-refractivity contribution in [3.63, 3.8) is 0 Å². The summed E-state index contributed by atoms with van der Waals surface area (Å²) in [6.45, 7) is 10.4. The Balaban J connectivity index is 3.95. The topological polar surface area (TPSA) is 12.0 Å². The van der Waals surface area contributed by atoms with E-state index >= 15 is 0 Å². The molecule has 1 N–H and O–H groups in total. The molecular formula is C10H25NSi. The monoisotopic (exact) mass is 187 g/mol. The van der Waals surface area contributed by atoms with Gasteiger partial charge in [-0.2, -0.15) is 0 Å². The number of nitrogens with one attached hydrogen (secondary N) is 1. The van der Waals surface area contributed by atoms with Crippen LogP contribution in [0.15, 0.2) is 0 Å². The summed E-state index contributed by atoms with van der Waals surface area (Å²) in [6.07, 6.45) is 2.76. The highest BCUT2D eigenvalue weighted by atomic mass is 28.3. The summed E-state index contributed by atoms with van der Waals surface area (Å²) in [5.41, 5.74) is 0. The Bertz CT molecular complexity index is 100. The van der Waals surface area contributed by atoms with E-state index in [4.69, 9.17) is 0 Å². The SMILES string of the molecule is CCCC[Si](CC)(CC)NCC. The number of unbranched alkanes of at least 4 members (excludes halogenated alkanes) is 1. The van der Waals surface area contributed by atoms with Crippen molar-refractivity contribution in [2.45, 2.75) is 58.7 Å². The number of hydrogen-bond donors (Lipinski definition) is 1. The molecule has 0 saturated heterocycles. The fourth-order valence-corrected chi connectivity index (χ4v) is 5.50. The van der Waals surface area contributed by atoms with Gasteiger partial charge in [0.15, 0.2) is 0 Å². The van der Waals surface area contributed by atoms with E-state index in [1.807, 2.05) is 0 Å². The first-order chi connectivity index (χ1) is 5.74. The molecule has 0 unspecified atom stereocenters. The van der Waals surface area contributed by atoms with Crippen molar-refractivity contribution in [3.05, 3.63) is 0 Å². The van der Waals surface area contributed by atoms with E-state index in [-0.39, 0.29) is 0 Å². The molecule has 0 heterocycles. The Morgan fingerprint density at radius 3 is 1.92 bits per heavy atom. The molecule has 0 spiro atoms. The molecule has 0 saturated carbocycles. The predicted octanol–water partition coefficient (Wildman–Crippen LogP) is 3.38. The maximum Gasteiger partial charge on any atom is 0.125 e. The number of hydrogen-bond acceptors (Lipinski definition) is 1. The zero-order valence-corrected chi connectivity index (χ0v) is 10.2. The Kier molecular flexibility index (Phi) is 6.77. The highest BCUT2D eigenvalue weighted by Crippen LogP contribution is 2.19. The van der Waals surface area contributed by atoms with Crippen LogP contribution in [0.4, 0.5) is 0 Å². The van der Waals surface area contributed by atoms with Crippen molar-refractivity contribution in [1.29, 1.82) is 0 Å². The summed E-state index contributed by atoms with van der Waals surface area (Å²) in [5, 5.41) is 0. The van der Waals surface area contributed by atoms with Crippen molar-refractivity contribution < 1.29 is 0 Å². The molecule has 0 aliphatic rings. The van der Waals surface area contributed by atoms with Gasteiger partial charge in [-0.15, -0.1) is 0 Å². The van der Waals surface area contributed by atoms with Gasteiger partial charge in [-0.05, 0) is 24.7 Å². The summed E-state index contributed by atoms with van der Waals surface area (Å²) >= 11 is 0. The molecule has 0 rings (SSSR count). The fraction of sp³-hybridized carbons (Fsp3) is 1.00. The van der Waals surface area contributed by atoms with E-state index in [2.05, 4.69) is 32.7 Å². The fourth-order valence-electron chi connectivity index (χ4n) is 1.83. The van der Waals surface area contributed by atoms with Gasteiger partial charge < -0.3 is 4.98 Å². The summed E-state index contributed by atoms with van der Waals surface area (Å²) in [6, 6.07) is 4.28. The first-order valence-corrected chi connectivity index (χ1v) is 8.11. The lowest BCUT2D eigenvalue weighted by atomic mass is 10.4. The summed E-state index contributed by atoms with van der Waals surface area (Å²) in [4.78, 5) is 3.77. The van der Waals surface area contributed by atoms with Crippen LogP contribution in [0.2, 0.25) is 18.1 Å². The number of rotatable bonds is 7. The van der Waals surface area contributed by atoms with Crippen LogP contribution >= 0.6 is 0 Å². The second-order valence-corrected chi connectivity index (χ2v) is 8.45. The van der Waals surface area contributed by atoms with Crippen LogP contribution in [0.3, 0.4) is 0 Å². The van der Waals surface area contributed by atoms with Gasteiger partial charge in [0.25, 0.3) is 0 Å². The molecule has 0 aliphatic heterocycles. The van der Waals surface area contributed by atoms with E-state index in [1.54, 1.807) is 0 Å². The lowest BCUT2D eigenvalue weighted by molar-refractivity contribution is 0.819. The predicted molar refractivity (Wildman–Crippen MR) is 60.1 cm³/mol. The van der Waals surface area contributed by atoms with E-state index in [9.17, 15) is 0 Å². The van der Waals surface area contributed by atoms with Crippen LogP contribution in [0.25, 0.3) is 0 Å². The minimum atomic E-state index is -1.01. The van der Waals surface area contributed by atoms with Gasteiger partial charge in [0.2, 0.25) is 0 Å². The third-order valence-corrected chi connectivity index (χ3v) is 8.04. The summed E-state index contributed by atoms with van der Waals surface area (Å²) in [5.74, 6) is 0. The van der Waals surface area contributed by atoms with Gasteiger partial charge in [-0.3, -0.25) is 0 Å². The Hall–Kier alpha value is 0.177. The normalized spacial score (nSPS) is 12.0. The van der Waals surface area contributed by atoms with Crippen molar-refractivity contribution in [2.24, 2.45) is 0 Å². The second-order valence-electron chi connectivity index (χ2n) is 3.62. The van der Waals surface area contributed by atoms with Gasteiger partial charge in [-0.1, -0.05) is 40.5 Å². The van der Waals surface area contributed by atoms with Gasteiger partial charge in [0.1, 0.15) is 8.24 Å². The highest BCUT2D eigenvalue weighted by Gasteiger charge is 2.26. The molecule has 0 atom stereocenters. The molecule has 0 amide bonds. The molecular weight excluding hydrogens is 162 g/mol. The molecule has 74 valence electrons. The quantitative estimate of drug-likeness (QED) is 0.603. The molecule has 0 fully saturated rings. The van der Waals surface area contributed by atoms with Crippen LogP contribution in [-0.4, -0.2) is 14.8 Å². The van der Waals surface area contributed by atoms with E-state index < -0.39 is 8.24 Å². The molecule has 12 heavy (non-hydrogen) atoms. The second kappa shape index (κ2) is 6.67. The molecule has 0 aliphatic carbocycles. The average molecular weight is 187 g/mol. The lowest BCUT2D eigenvalue weighted by Crippen LogP contribution is -2.49. The van der Waals surface area contributed by atoms with Crippen molar-refractivity contribution >= 4 is 8.24 Å². The van der Waals surface area contributed by atoms with Crippen LogP contribution in [0, 0.1) is 0 Å². The van der Waals surface area contributed by atoms with Gasteiger partial charge in [-0.25, -0.2) is 0 Å². The molecule has 2 heteroatoms. The Labute approximate surface area is 79.0 Å². The van der Waals surface area contributed by atoms with Crippen LogP contribution in [0.5, 0.6) is 0 Å². The van der Waals surface area contributed by atoms with Crippen LogP contribution in [0.1, 0.15) is 40.5 Å². The van der Waals surface area contributed by atoms with Crippen LogP contribution in [-0.2, 0) is 0 Å². The van der Waals surface area contributed by atoms with Gasteiger partial charge >= 0.3 is 0 Å². The smallest absolute Gasteiger partial charge is 0.125 e. The van der Waals surface area contributed by atoms with Gasteiger partial charge in [0.05, 0.1) is 0 Å². The third kappa shape index (κ3) is 3.72. The zero-order valence-electron chi connectivity index (χ0n) is 9.24. The zero-order chi connectivity index (χ0) is 9.45. The van der Waals surface area contributed by atoms with Crippen molar-refractivity contribution in [3.8, 4) is 0 Å². The van der Waals surface area contributed by atoms with E-state index in [1.165, 1.54) is 31.0 Å². The first kappa shape index (κ1) is 12.2. The molecule has 0 bridgehead atoms. The average Bonchev–Trinajstić information content (AvgIpc) is 2.13. The van der Waals surface area contributed by atoms with Crippen molar-refractivity contribution in [2.75, 3.05) is 6.54 Å². The standard InChI is InChI=1S/C10H25NSi/c1-5-9-10-12(7-3,8-4)11-6-2/h11H,5-10H2,1-4H3. The van der Waals surface area contributed by atoms with E-state index in [0.717, 1.165) is 6.54 Å². The minimum Gasteiger partial charge on any atom is -0.337 e. The van der Waals surface area contributed by atoms with Crippen LogP contribution < -0.4 is 4.98 Å². The minimum absolute atomic E-state index is 1.01. The maximum absolute atomic E-state index is 3.77. The molecule has 0 aromatic rings.